The molecule has 0 unspecified atom stereocenters. The molecule has 0 atom stereocenters. The number of hydrazone groups is 1. The van der Waals surface area contributed by atoms with Gasteiger partial charge in [0.2, 0.25) is 0 Å². The van der Waals surface area contributed by atoms with Gasteiger partial charge in [-0.25, -0.2) is 5.43 Å². The zero-order valence-electron chi connectivity index (χ0n) is 16.5. The molecular weight excluding hydrogens is 402 g/mol. The number of hydrogen-bond donors (Lipinski definition) is 2. The molecule has 0 saturated carbocycles. The van der Waals surface area contributed by atoms with Crippen LogP contribution in [0, 0.1) is 0 Å². The molecule has 0 fully saturated rings. The second-order valence-electron chi connectivity index (χ2n) is 6.41. The predicted molar refractivity (Wildman–Crippen MR) is 119 cm³/mol. The van der Waals surface area contributed by atoms with Crippen molar-refractivity contribution in [3.05, 3.63) is 94.5 Å². The minimum absolute atomic E-state index is 0.244. The van der Waals surface area contributed by atoms with E-state index in [0.29, 0.717) is 33.3 Å². The summed E-state index contributed by atoms with van der Waals surface area (Å²) >= 11 is 5.86. The highest BCUT2D eigenvalue weighted by atomic mass is 35.5. The number of carbonyl (C=O) groups is 2. The van der Waals surface area contributed by atoms with Crippen LogP contribution in [0.4, 0.5) is 5.69 Å². The minimum Gasteiger partial charge on any atom is -0.497 e. The molecular formula is C23H20ClN3O3. The van der Waals surface area contributed by atoms with Crippen molar-refractivity contribution in [1.29, 1.82) is 0 Å². The highest BCUT2D eigenvalue weighted by molar-refractivity contribution is 6.30. The minimum atomic E-state index is -0.329. The first kappa shape index (κ1) is 21.1. The van der Waals surface area contributed by atoms with E-state index in [0.717, 1.165) is 5.56 Å². The maximum atomic E-state index is 12.4. The Bertz CT molecular complexity index is 1080. The van der Waals surface area contributed by atoms with Gasteiger partial charge in [-0.1, -0.05) is 23.7 Å². The molecule has 30 heavy (non-hydrogen) atoms. The van der Waals surface area contributed by atoms with Gasteiger partial charge in [-0.3, -0.25) is 9.59 Å². The molecule has 0 aromatic heterocycles. The van der Waals surface area contributed by atoms with Crippen LogP contribution in [0.3, 0.4) is 0 Å². The maximum absolute atomic E-state index is 12.4. The van der Waals surface area contributed by atoms with Crippen LogP contribution in [-0.2, 0) is 0 Å². The summed E-state index contributed by atoms with van der Waals surface area (Å²) in [4.78, 5) is 24.6. The van der Waals surface area contributed by atoms with Crippen LogP contribution in [0.1, 0.15) is 33.2 Å². The van der Waals surface area contributed by atoms with E-state index in [1.807, 2.05) is 6.07 Å². The zero-order valence-corrected chi connectivity index (χ0v) is 17.2. The second-order valence-corrected chi connectivity index (χ2v) is 6.84. The van der Waals surface area contributed by atoms with E-state index in [1.165, 1.54) is 0 Å². The molecule has 2 N–H and O–H groups in total. The van der Waals surface area contributed by atoms with Crippen molar-refractivity contribution < 1.29 is 14.3 Å². The largest absolute Gasteiger partial charge is 0.497 e. The normalized spacial score (nSPS) is 11.0. The zero-order chi connectivity index (χ0) is 21.5. The number of carbonyl (C=O) groups excluding carboxylic acids is 2. The van der Waals surface area contributed by atoms with Gasteiger partial charge >= 0.3 is 0 Å². The van der Waals surface area contributed by atoms with Gasteiger partial charge in [0.25, 0.3) is 11.8 Å². The van der Waals surface area contributed by atoms with E-state index in [9.17, 15) is 9.59 Å². The molecule has 0 aliphatic heterocycles. The van der Waals surface area contributed by atoms with Gasteiger partial charge in [0.05, 0.1) is 12.8 Å². The molecule has 152 valence electrons. The second kappa shape index (κ2) is 9.71. The highest BCUT2D eigenvalue weighted by Gasteiger charge is 2.08. The Labute approximate surface area is 179 Å². The van der Waals surface area contributed by atoms with Crippen molar-refractivity contribution in [3.8, 4) is 5.75 Å². The molecule has 3 aromatic rings. The van der Waals surface area contributed by atoms with Gasteiger partial charge in [-0.15, -0.1) is 0 Å². The Morgan fingerprint density at radius 3 is 2.17 bits per heavy atom. The monoisotopic (exact) mass is 421 g/mol. The summed E-state index contributed by atoms with van der Waals surface area (Å²) in [5.41, 5.74) is 5.48. The third-order valence-corrected chi connectivity index (χ3v) is 4.57. The Morgan fingerprint density at radius 2 is 1.50 bits per heavy atom. The van der Waals surface area contributed by atoms with Gasteiger partial charge in [-0.2, -0.15) is 5.10 Å². The fourth-order valence-corrected chi connectivity index (χ4v) is 2.76. The number of amides is 2. The molecule has 0 aliphatic carbocycles. The number of halogens is 1. The summed E-state index contributed by atoms with van der Waals surface area (Å²) in [5.74, 6) is 0.0964. The first-order valence-electron chi connectivity index (χ1n) is 9.12. The van der Waals surface area contributed by atoms with Gasteiger partial charge in [0.15, 0.2) is 0 Å². The smallest absolute Gasteiger partial charge is 0.271 e. The standard InChI is InChI=1S/C23H20ClN3O3/c1-15(26-27-23(29)17-8-12-21(30-2)13-9-17)18-4-3-5-20(14-18)25-22(28)16-6-10-19(24)11-7-16/h3-14H,1-2H3,(H,25,28)(H,27,29). The molecule has 6 nitrogen and oxygen atoms in total. The fraction of sp³-hybridized carbons (Fsp3) is 0.0870. The summed E-state index contributed by atoms with van der Waals surface area (Å²) < 4.78 is 5.08. The molecule has 0 aliphatic rings. The van der Waals surface area contributed by atoms with Gasteiger partial charge in [0.1, 0.15) is 5.75 Å². The van der Waals surface area contributed by atoms with Crippen molar-refractivity contribution >= 4 is 34.8 Å². The molecule has 3 aromatic carbocycles. The number of rotatable bonds is 6. The van der Waals surface area contributed by atoms with Crippen LogP contribution >= 0.6 is 11.6 Å². The van der Waals surface area contributed by atoms with Crippen molar-refractivity contribution in [2.45, 2.75) is 6.92 Å². The molecule has 0 heterocycles. The van der Waals surface area contributed by atoms with Crippen molar-refractivity contribution in [3.63, 3.8) is 0 Å². The lowest BCUT2D eigenvalue weighted by atomic mass is 10.1. The lowest BCUT2D eigenvalue weighted by molar-refractivity contribution is 0.0954. The summed E-state index contributed by atoms with van der Waals surface area (Å²) in [7, 11) is 1.56. The maximum Gasteiger partial charge on any atom is 0.271 e. The number of benzene rings is 3. The Hall–Kier alpha value is -3.64. The quantitative estimate of drug-likeness (QED) is 0.445. The van der Waals surface area contributed by atoms with E-state index in [-0.39, 0.29) is 11.8 Å². The van der Waals surface area contributed by atoms with E-state index >= 15 is 0 Å². The summed E-state index contributed by atoms with van der Waals surface area (Å²) in [6.07, 6.45) is 0. The molecule has 3 rings (SSSR count). The van der Waals surface area contributed by atoms with E-state index in [4.69, 9.17) is 16.3 Å². The molecule has 0 bridgehead atoms. The van der Waals surface area contributed by atoms with Crippen LogP contribution in [0.15, 0.2) is 77.9 Å². The lowest BCUT2D eigenvalue weighted by Gasteiger charge is -2.08. The van der Waals surface area contributed by atoms with E-state index in [1.54, 1.807) is 80.8 Å². The van der Waals surface area contributed by atoms with Gasteiger partial charge < -0.3 is 10.1 Å². The van der Waals surface area contributed by atoms with Crippen LogP contribution < -0.4 is 15.5 Å². The van der Waals surface area contributed by atoms with Crippen molar-refractivity contribution in [1.82, 2.24) is 5.43 Å². The predicted octanol–water partition coefficient (Wildman–Crippen LogP) is 4.75. The molecule has 0 radical (unpaired) electrons. The lowest BCUT2D eigenvalue weighted by Crippen LogP contribution is -2.19. The van der Waals surface area contributed by atoms with Gasteiger partial charge in [0, 0.05) is 21.8 Å². The average molecular weight is 422 g/mol. The third-order valence-electron chi connectivity index (χ3n) is 4.32. The summed E-state index contributed by atoms with van der Waals surface area (Å²) in [5, 5.41) is 7.56. The van der Waals surface area contributed by atoms with Crippen molar-refractivity contribution in [2.24, 2.45) is 5.10 Å². The SMILES string of the molecule is COc1ccc(C(=O)NN=C(C)c2cccc(NC(=O)c3ccc(Cl)cc3)c2)cc1. The first-order valence-corrected chi connectivity index (χ1v) is 9.50. The summed E-state index contributed by atoms with van der Waals surface area (Å²) in [6, 6.07) is 20.6. The first-order chi connectivity index (χ1) is 14.5. The number of ether oxygens (including phenoxy) is 1. The molecule has 0 saturated heterocycles. The Balaban J connectivity index is 1.67. The highest BCUT2D eigenvalue weighted by Crippen LogP contribution is 2.15. The fourth-order valence-electron chi connectivity index (χ4n) is 2.63. The number of nitrogens with zero attached hydrogens (tertiary/aromatic N) is 1. The Morgan fingerprint density at radius 1 is 0.867 bits per heavy atom. The van der Waals surface area contributed by atoms with Gasteiger partial charge in [-0.05, 0) is 73.2 Å². The van der Waals surface area contributed by atoms with Crippen LogP contribution in [-0.4, -0.2) is 24.6 Å². The topological polar surface area (TPSA) is 79.8 Å². The number of nitrogens with one attached hydrogen (secondary N) is 2. The number of hydrogen-bond acceptors (Lipinski definition) is 4. The molecule has 7 heteroatoms. The van der Waals surface area contributed by atoms with Crippen LogP contribution in [0.5, 0.6) is 5.75 Å². The van der Waals surface area contributed by atoms with Crippen molar-refractivity contribution in [2.75, 3.05) is 12.4 Å². The number of methoxy groups -OCH3 is 1. The Kier molecular flexibility index (Phi) is 6.83. The third kappa shape index (κ3) is 5.46. The van der Waals surface area contributed by atoms with E-state index in [2.05, 4.69) is 15.8 Å². The summed E-state index contributed by atoms with van der Waals surface area (Å²) in [6.45, 7) is 1.77. The molecule has 2 amide bonds. The average Bonchev–Trinajstić information content (AvgIpc) is 2.78. The van der Waals surface area contributed by atoms with Crippen LogP contribution in [0.25, 0.3) is 0 Å². The van der Waals surface area contributed by atoms with Crippen LogP contribution in [0.2, 0.25) is 5.02 Å². The number of anilines is 1. The molecule has 0 spiro atoms. The van der Waals surface area contributed by atoms with E-state index < -0.39 is 0 Å².